The summed E-state index contributed by atoms with van der Waals surface area (Å²) in [7, 11) is 0. The minimum atomic E-state index is -0.331. The molecule has 2 N–H and O–H groups in total. The van der Waals surface area contributed by atoms with Crippen LogP contribution < -0.4 is 5.32 Å². The van der Waals surface area contributed by atoms with Gasteiger partial charge in [0.05, 0.1) is 17.9 Å². The second-order valence-electron chi connectivity index (χ2n) is 5.51. The number of aliphatic hydroxyl groups is 1. The summed E-state index contributed by atoms with van der Waals surface area (Å²) in [5.41, 5.74) is 2.64. The molecule has 0 aliphatic heterocycles. The molecule has 5 nitrogen and oxygen atoms in total. The van der Waals surface area contributed by atoms with Crippen molar-refractivity contribution in [3.8, 4) is 0 Å². The Kier molecular flexibility index (Phi) is 5.11. The molecule has 0 bridgehead atoms. The molecule has 1 aromatic carbocycles. The quantitative estimate of drug-likeness (QED) is 0.751. The molecule has 0 fully saturated rings. The monoisotopic (exact) mass is 337 g/mol. The molecule has 1 amide bonds. The number of halogens is 1. The Hall–Kier alpha value is -3.12. The van der Waals surface area contributed by atoms with Gasteiger partial charge in [-0.3, -0.25) is 9.78 Å². The molecule has 2 heterocycles. The largest absolute Gasteiger partial charge is 0.390 e. The number of pyridine rings is 2. The van der Waals surface area contributed by atoms with E-state index in [9.17, 15) is 9.18 Å². The number of hydrogen-bond acceptors (Lipinski definition) is 4. The van der Waals surface area contributed by atoms with E-state index >= 15 is 0 Å². The zero-order valence-electron chi connectivity index (χ0n) is 13.3. The first-order valence-corrected chi connectivity index (χ1v) is 7.70. The first kappa shape index (κ1) is 16.7. The number of carbonyl (C=O) groups is 1. The van der Waals surface area contributed by atoms with Gasteiger partial charge in [-0.15, -0.1) is 0 Å². The van der Waals surface area contributed by atoms with E-state index in [2.05, 4.69) is 15.3 Å². The van der Waals surface area contributed by atoms with E-state index < -0.39 is 0 Å². The number of anilines is 1. The molecule has 0 aliphatic rings. The third kappa shape index (κ3) is 4.45. The molecular weight excluding hydrogens is 321 g/mol. The van der Waals surface area contributed by atoms with Gasteiger partial charge in [-0.25, -0.2) is 9.37 Å². The Morgan fingerprint density at radius 2 is 1.92 bits per heavy atom. The van der Waals surface area contributed by atoms with Crippen LogP contribution in [0.5, 0.6) is 0 Å². The van der Waals surface area contributed by atoms with Crippen LogP contribution in [0, 0.1) is 5.82 Å². The Labute approximate surface area is 144 Å². The first-order valence-electron chi connectivity index (χ1n) is 7.70. The van der Waals surface area contributed by atoms with Crippen molar-refractivity contribution in [2.24, 2.45) is 0 Å². The number of carbonyl (C=O) groups excluding carboxylic acids is 1. The molecule has 0 atom stereocenters. The minimum Gasteiger partial charge on any atom is -0.390 e. The van der Waals surface area contributed by atoms with Gasteiger partial charge in [0.1, 0.15) is 11.6 Å². The van der Waals surface area contributed by atoms with Crippen LogP contribution in [-0.2, 0) is 13.0 Å². The Bertz CT molecular complexity index is 865. The molecule has 126 valence electrons. The SMILES string of the molecule is O=C(Nc1ccc(Cc2cccc(F)c2)cn1)c1ccc(CO)nc1. The lowest BCUT2D eigenvalue weighted by molar-refractivity contribution is 0.102. The van der Waals surface area contributed by atoms with E-state index in [1.54, 1.807) is 30.5 Å². The highest BCUT2D eigenvalue weighted by Crippen LogP contribution is 2.13. The maximum atomic E-state index is 13.2. The second-order valence-corrected chi connectivity index (χ2v) is 5.51. The number of amides is 1. The van der Waals surface area contributed by atoms with Crippen LogP contribution in [0.15, 0.2) is 60.9 Å². The van der Waals surface area contributed by atoms with Crippen molar-refractivity contribution >= 4 is 11.7 Å². The number of rotatable bonds is 5. The van der Waals surface area contributed by atoms with Gasteiger partial charge in [-0.05, 0) is 47.9 Å². The number of nitrogens with one attached hydrogen (secondary N) is 1. The number of benzene rings is 1. The van der Waals surface area contributed by atoms with E-state index in [-0.39, 0.29) is 18.3 Å². The van der Waals surface area contributed by atoms with Gasteiger partial charge >= 0.3 is 0 Å². The lowest BCUT2D eigenvalue weighted by Gasteiger charge is -2.06. The molecule has 25 heavy (non-hydrogen) atoms. The van der Waals surface area contributed by atoms with Crippen molar-refractivity contribution in [3.63, 3.8) is 0 Å². The average molecular weight is 337 g/mol. The number of aliphatic hydroxyl groups excluding tert-OH is 1. The van der Waals surface area contributed by atoms with Crippen LogP contribution in [-0.4, -0.2) is 21.0 Å². The van der Waals surface area contributed by atoms with Crippen molar-refractivity contribution in [3.05, 3.63) is 89.1 Å². The normalized spacial score (nSPS) is 10.5. The first-order chi connectivity index (χ1) is 12.1. The van der Waals surface area contributed by atoms with Gasteiger partial charge in [-0.2, -0.15) is 0 Å². The Morgan fingerprint density at radius 3 is 2.56 bits per heavy atom. The summed E-state index contributed by atoms with van der Waals surface area (Å²) < 4.78 is 13.2. The van der Waals surface area contributed by atoms with Crippen LogP contribution >= 0.6 is 0 Å². The number of aromatic nitrogens is 2. The number of nitrogens with zero attached hydrogens (tertiary/aromatic N) is 2. The molecule has 3 rings (SSSR count). The molecule has 0 unspecified atom stereocenters. The topological polar surface area (TPSA) is 75.1 Å². The third-order valence-electron chi connectivity index (χ3n) is 3.61. The highest BCUT2D eigenvalue weighted by molar-refractivity contribution is 6.03. The molecular formula is C19H16FN3O2. The molecule has 6 heteroatoms. The highest BCUT2D eigenvalue weighted by Gasteiger charge is 2.08. The van der Waals surface area contributed by atoms with Crippen molar-refractivity contribution in [2.75, 3.05) is 5.32 Å². The van der Waals surface area contributed by atoms with E-state index in [0.717, 1.165) is 11.1 Å². The average Bonchev–Trinajstić information content (AvgIpc) is 2.63. The van der Waals surface area contributed by atoms with Crippen LogP contribution in [0.2, 0.25) is 0 Å². The van der Waals surface area contributed by atoms with Gasteiger partial charge in [0.15, 0.2) is 0 Å². The van der Waals surface area contributed by atoms with E-state index in [4.69, 9.17) is 5.11 Å². The Balaban J connectivity index is 1.64. The summed E-state index contributed by atoms with van der Waals surface area (Å²) in [6.07, 6.45) is 3.61. The summed E-state index contributed by atoms with van der Waals surface area (Å²) in [6, 6.07) is 13.1. The lowest BCUT2D eigenvalue weighted by Crippen LogP contribution is -2.13. The predicted octanol–water partition coefficient (Wildman–Crippen LogP) is 2.95. The fraction of sp³-hybridized carbons (Fsp3) is 0.105. The van der Waals surface area contributed by atoms with E-state index in [1.165, 1.54) is 18.3 Å². The Morgan fingerprint density at radius 1 is 1.04 bits per heavy atom. The molecule has 0 aliphatic carbocycles. The number of hydrogen-bond donors (Lipinski definition) is 2. The van der Waals surface area contributed by atoms with Gasteiger partial charge in [-0.1, -0.05) is 18.2 Å². The summed E-state index contributed by atoms with van der Waals surface area (Å²) in [6.45, 7) is -0.170. The maximum absolute atomic E-state index is 13.2. The second kappa shape index (κ2) is 7.63. The third-order valence-corrected chi connectivity index (χ3v) is 3.61. The summed E-state index contributed by atoms with van der Waals surface area (Å²) in [5, 5.41) is 11.6. The van der Waals surface area contributed by atoms with Gasteiger partial charge in [0.25, 0.3) is 5.91 Å². The summed E-state index contributed by atoms with van der Waals surface area (Å²) in [4.78, 5) is 20.3. The summed E-state index contributed by atoms with van der Waals surface area (Å²) in [5.74, 6) is -0.184. The molecule has 0 radical (unpaired) electrons. The summed E-state index contributed by atoms with van der Waals surface area (Å²) >= 11 is 0. The van der Waals surface area contributed by atoms with Crippen LogP contribution in [0.25, 0.3) is 0 Å². The van der Waals surface area contributed by atoms with Crippen molar-refractivity contribution in [1.82, 2.24) is 9.97 Å². The molecule has 3 aromatic rings. The van der Waals surface area contributed by atoms with Crippen molar-refractivity contribution in [2.45, 2.75) is 13.0 Å². The van der Waals surface area contributed by atoms with Crippen molar-refractivity contribution < 1.29 is 14.3 Å². The maximum Gasteiger partial charge on any atom is 0.258 e. The highest BCUT2D eigenvalue weighted by atomic mass is 19.1. The van der Waals surface area contributed by atoms with Gasteiger partial charge in [0, 0.05) is 12.4 Å². The predicted molar refractivity (Wildman–Crippen MR) is 91.6 cm³/mol. The lowest BCUT2D eigenvalue weighted by atomic mass is 10.1. The molecule has 0 spiro atoms. The van der Waals surface area contributed by atoms with Crippen LogP contribution in [0.4, 0.5) is 10.2 Å². The van der Waals surface area contributed by atoms with Gasteiger partial charge in [0.2, 0.25) is 0 Å². The van der Waals surface area contributed by atoms with E-state index in [0.29, 0.717) is 23.5 Å². The van der Waals surface area contributed by atoms with Gasteiger partial charge < -0.3 is 10.4 Å². The van der Waals surface area contributed by atoms with E-state index in [1.807, 2.05) is 12.1 Å². The zero-order chi connectivity index (χ0) is 17.6. The standard InChI is InChI=1S/C19H16FN3O2/c20-16-3-1-2-13(9-16)8-14-4-7-18(22-10-14)23-19(25)15-5-6-17(12-24)21-11-15/h1-7,9-11,24H,8,12H2,(H,22,23,25). The fourth-order valence-electron chi connectivity index (χ4n) is 2.33. The fourth-order valence-corrected chi connectivity index (χ4v) is 2.33. The molecule has 0 saturated heterocycles. The zero-order valence-corrected chi connectivity index (χ0v) is 13.3. The minimum absolute atomic E-state index is 0.170. The molecule has 2 aromatic heterocycles. The smallest absolute Gasteiger partial charge is 0.258 e. The van der Waals surface area contributed by atoms with Crippen molar-refractivity contribution in [1.29, 1.82) is 0 Å². The van der Waals surface area contributed by atoms with Crippen LogP contribution in [0.3, 0.4) is 0 Å². The van der Waals surface area contributed by atoms with Crippen LogP contribution in [0.1, 0.15) is 27.2 Å². The molecule has 0 saturated carbocycles.